The third-order valence-corrected chi connectivity index (χ3v) is 4.14. The zero-order valence-electron chi connectivity index (χ0n) is 12.0. The van der Waals surface area contributed by atoms with Crippen LogP contribution in [0.5, 0.6) is 0 Å². The highest BCUT2D eigenvalue weighted by Gasteiger charge is 2.16. The van der Waals surface area contributed by atoms with E-state index in [-0.39, 0.29) is 17.9 Å². The fraction of sp³-hybridized carbons (Fsp3) is 0.294. The number of benzene rings is 2. The van der Waals surface area contributed by atoms with Crippen LogP contribution in [0.2, 0.25) is 10.0 Å². The number of nitrogens with one attached hydrogen (secondary N) is 1. The standard InChI is InChI=1S/C17H18Cl2FN/c1-3-17(12-4-6-13(18)7-5-12)21-11(2)15-9-8-14(20)10-16(15)19/h4-11,17,21H,3H2,1-2H3. The van der Waals surface area contributed by atoms with Gasteiger partial charge in [-0.2, -0.15) is 0 Å². The van der Waals surface area contributed by atoms with Crippen LogP contribution in [0.1, 0.15) is 43.5 Å². The zero-order valence-corrected chi connectivity index (χ0v) is 13.5. The Morgan fingerprint density at radius 1 is 1.10 bits per heavy atom. The Hall–Kier alpha value is -1.09. The predicted molar refractivity (Wildman–Crippen MR) is 87.4 cm³/mol. The molecule has 1 N–H and O–H groups in total. The second kappa shape index (κ2) is 7.26. The van der Waals surface area contributed by atoms with E-state index >= 15 is 0 Å². The molecule has 0 aliphatic rings. The van der Waals surface area contributed by atoms with E-state index in [2.05, 4.69) is 12.2 Å². The van der Waals surface area contributed by atoms with Crippen LogP contribution >= 0.6 is 23.2 Å². The number of rotatable bonds is 5. The highest BCUT2D eigenvalue weighted by atomic mass is 35.5. The maximum Gasteiger partial charge on any atom is 0.124 e. The van der Waals surface area contributed by atoms with Crippen LogP contribution in [0, 0.1) is 5.82 Å². The molecule has 4 heteroatoms. The van der Waals surface area contributed by atoms with Crippen LogP contribution in [0.3, 0.4) is 0 Å². The molecule has 1 nitrogen and oxygen atoms in total. The molecular formula is C17H18Cl2FN. The van der Waals surface area contributed by atoms with Crippen LogP contribution in [0.25, 0.3) is 0 Å². The molecule has 2 rings (SSSR count). The molecule has 2 atom stereocenters. The topological polar surface area (TPSA) is 12.0 Å². The summed E-state index contributed by atoms with van der Waals surface area (Å²) in [7, 11) is 0. The predicted octanol–water partition coefficient (Wildman–Crippen LogP) is 5.93. The van der Waals surface area contributed by atoms with E-state index in [1.807, 2.05) is 31.2 Å². The first-order valence-corrected chi connectivity index (χ1v) is 7.73. The van der Waals surface area contributed by atoms with E-state index in [0.717, 1.165) is 17.0 Å². The summed E-state index contributed by atoms with van der Waals surface area (Å²) < 4.78 is 13.1. The molecule has 0 spiro atoms. The third kappa shape index (κ3) is 4.19. The molecule has 0 radical (unpaired) electrons. The fourth-order valence-electron chi connectivity index (χ4n) is 2.39. The molecule has 0 bridgehead atoms. The number of hydrogen-bond acceptors (Lipinski definition) is 1. The van der Waals surface area contributed by atoms with E-state index in [1.165, 1.54) is 17.7 Å². The lowest BCUT2D eigenvalue weighted by Crippen LogP contribution is -2.24. The van der Waals surface area contributed by atoms with Crippen LogP contribution in [0.4, 0.5) is 4.39 Å². The lowest BCUT2D eigenvalue weighted by Gasteiger charge is -2.24. The van der Waals surface area contributed by atoms with Gasteiger partial charge in [0, 0.05) is 22.1 Å². The minimum absolute atomic E-state index is 0.0266. The fourth-order valence-corrected chi connectivity index (χ4v) is 2.85. The van der Waals surface area contributed by atoms with E-state index in [4.69, 9.17) is 23.2 Å². The largest absolute Gasteiger partial charge is 0.303 e. The van der Waals surface area contributed by atoms with Crippen molar-refractivity contribution in [1.82, 2.24) is 5.32 Å². The molecule has 0 aliphatic heterocycles. The molecule has 0 fully saturated rings. The summed E-state index contributed by atoms with van der Waals surface area (Å²) in [5, 5.41) is 4.70. The Balaban J connectivity index is 2.15. The summed E-state index contributed by atoms with van der Waals surface area (Å²) in [5.41, 5.74) is 2.07. The van der Waals surface area contributed by atoms with Gasteiger partial charge in [0.05, 0.1) is 0 Å². The maximum atomic E-state index is 13.1. The van der Waals surface area contributed by atoms with Crippen molar-refractivity contribution in [3.63, 3.8) is 0 Å². The molecule has 0 saturated carbocycles. The summed E-state index contributed by atoms with van der Waals surface area (Å²) in [5.74, 6) is -0.319. The van der Waals surface area contributed by atoms with Crippen molar-refractivity contribution in [3.8, 4) is 0 Å². The Kier molecular flexibility index (Phi) is 5.63. The van der Waals surface area contributed by atoms with Crippen molar-refractivity contribution in [1.29, 1.82) is 0 Å². The van der Waals surface area contributed by atoms with Crippen molar-refractivity contribution < 1.29 is 4.39 Å². The summed E-state index contributed by atoms with van der Waals surface area (Å²) in [6, 6.07) is 12.5. The Morgan fingerprint density at radius 3 is 2.33 bits per heavy atom. The van der Waals surface area contributed by atoms with E-state index < -0.39 is 0 Å². The second-order valence-corrected chi connectivity index (χ2v) is 5.91. The molecule has 0 heterocycles. The van der Waals surface area contributed by atoms with E-state index in [0.29, 0.717) is 5.02 Å². The maximum absolute atomic E-state index is 13.1. The first-order chi connectivity index (χ1) is 10.0. The lowest BCUT2D eigenvalue weighted by atomic mass is 10.0. The first-order valence-electron chi connectivity index (χ1n) is 6.97. The van der Waals surface area contributed by atoms with Gasteiger partial charge in [-0.25, -0.2) is 4.39 Å². The average molecular weight is 326 g/mol. The van der Waals surface area contributed by atoms with Crippen molar-refractivity contribution in [2.24, 2.45) is 0 Å². The minimum Gasteiger partial charge on any atom is -0.303 e. The van der Waals surface area contributed by atoms with Gasteiger partial charge in [0.25, 0.3) is 0 Å². The normalized spacial score (nSPS) is 14.0. The monoisotopic (exact) mass is 325 g/mol. The van der Waals surface area contributed by atoms with Crippen LogP contribution < -0.4 is 5.32 Å². The quantitative estimate of drug-likeness (QED) is 0.717. The number of hydrogen-bond donors (Lipinski definition) is 1. The van der Waals surface area contributed by atoms with Gasteiger partial charge in [-0.3, -0.25) is 0 Å². The second-order valence-electron chi connectivity index (χ2n) is 5.07. The smallest absolute Gasteiger partial charge is 0.124 e. The van der Waals surface area contributed by atoms with Gasteiger partial charge < -0.3 is 5.32 Å². The molecule has 0 aromatic heterocycles. The third-order valence-electron chi connectivity index (χ3n) is 3.56. The Morgan fingerprint density at radius 2 is 1.76 bits per heavy atom. The molecule has 2 aromatic carbocycles. The zero-order chi connectivity index (χ0) is 15.4. The molecule has 21 heavy (non-hydrogen) atoms. The lowest BCUT2D eigenvalue weighted by molar-refractivity contribution is 0.456. The van der Waals surface area contributed by atoms with Crippen LogP contribution in [-0.4, -0.2) is 0 Å². The van der Waals surface area contributed by atoms with Crippen LogP contribution in [0.15, 0.2) is 42.5 Å². The summed E-state index contributed by atoms with van der Waals surface area (Å²) in [6.45, 7) is 4.14. The Bertz CT molecular complexity index is 598. The highest BCUT2D eigenvalue weighted by Crippen LogP contribution is 2.27. The Labute approximate surface area is 135 Å². The molecule has 0 aliphatic carbocycles. The van der Waals surface area contributed by atoms with Gasteiger partial charge in [-0.1, -0.05) is 48.3 Å². The van der Waals surface area contributed by atoms with Crippen LogP contribution in [-0.2, 0) is 0 Å². The van der Waals surface area contributed by atoms with E-state index in [9.17, 15) is 4.39 Å². The van der Waals surface area contributed by atoms with Gasteiger partial charge in [0.15, 0.2) is 0 Å². The van der Waals surface area contributed by atoms with E-state index in [1.54, 1.807) is 6.07 Å². The van der Waals surface area contributed by atoms with Gasteiger partial charge in [-0.05, 0) is 48.7 Å². The van der Waals surface area contributed by atoms with Gasteiger partial charge in [-0.15, -0.1) is 0 Å². The summed E-state index contributed by atoms with van der Waals surface area (Å²) >= 11 is 12.0. The molecule has 2 unspecified atom stereocenters. The summed E-state index contributed by atoms with van der Waals surface area (Å²) in [6.07, 6.45) is 0.935. The first kappa shape index (κ1) is 16.3. The van der Waals surface area contributed by atoms with Crippen molar-refractivity contribution in [2.45, 2.75) is 32.4 Å². The van der Waals surface area contributed by atoms with Crippen molar-refractivity contribution in [3.05, 3.63) is 69.5 Å². The molecule has 2 aromatic rings. The molecule has 112 valence electrons. The van der Waals surface area contributed by atoms with Crippen molar-refractivity contribution >= 4 is 23.2 Å². The molecule has 0 saturated heterocycles. The average Bonchev–Trinajstić information content (AvgIpc) is 2.45. The minimum atomic E-state index is -0.319. The van der Waals surface area contributed by atoms with Gasteiger partial charge >= 0.3 is 0 Å². The SMILES string of the molecule is CCC(NC(C)c1ccc(F)cc1Cl)c1ccc(Cl)cc1. The highest BCUT2D eigenvalue weighted by molar-refractivity contribution is 6.31. The molecule has 0 amide bonds. The van der Waals surface area contributed by atoms with Gasteiger partial charge in [0.1, 0.15) is 5.82 Å². The summed E-state index contributed by atoms with van der Waals surface area (Å²) in [4.78, 5) is 0. The van der Waals surface area contributed by atoms with Crippen molar-refractivity contribution in [2.75, 3.05) is 0 Å². The molecular weight excluding hydrogens is 308 g/mol. The number of halogens is 3. The van der Waals surface area contributed by atoms with Gasteiger partial charge in [0.2, 0.25) is 0 Å².